The molecule has 0 aliphatic carbocycles. The summed E-state index contributed by atoms with van der Waals surface area (Å²) in [5.41, 5.74) is 0.654. The Morgan fingerprint density at radius 3 is 2.82 bits per heavy atom. The highest BCUT2D eigenvalue weighted by molar-refractivity contribution is 9.10. The quantitative estimate of drug-likeness (QED) is 0.820. The molecule has 0 radical (unpaired) electrons. The molecule has 0 aliphatic rings. The van der Waals surface area contributed by atoms with Crippen molar-refractivity contribution < 1.29 is 9.53 Å². The van der Waals surface area contributed by atoms with E-state index in [2.05, 4.69) is 21.2 Å². The molecule has 5 heteroatoms. The van der Waals surface area contributed by atoms with Gasteiger partial charge in [-0.25, -0.2) is 0 Å². The van der Waals surface area contributed by atoms with Gasteiger partial charge in [0.15, 0.2) is 0 Å². The Morgan fingerprint density at radius 2 is 2.29 bits per heavy atom. The Hall–Kier alpha value is -0.810. The van der Waals surface area contributed by atoms with E-state index in [-0.39, 0.29) is 12.0 Å². The number of aryl methyl sites for hydroxylation is 1. The minimum absolute atomic E-state index is 0.0530. The smallest absolute Gasteiger partial charge is 0.267 e. The van der Waals surface area contributed by atoms with E-state index >= 15 is 0 Å². The summed E-state index contributed by atoms with van der Waals surface area (Å²) in [6.45, 7) is 5.31. The molecule has 0 atom stereocenters. The maximum Gasteiger partial charge on any atom is 0.267 e. The van der Waals surface area contributed by atoms with Crippen LogP contribution in [0.1, 0.15) is 30.8 Å². The van der Waals surface area contributed by atoms with Crippen molar-refractivity contribution in [3.05, 3.63) is 22.4 Å². The molecule has 1 rings (SSSR count). The summed E-state index contributed by atoms with van der Waals surface area (Å²) in [4.78, 5) is 11.8. The van der Waals surface area contributed by atoms with Gasteiger partial charge in [0.25, 0.3) is 5.91 Å². The molecule has 0 aliphatic heterocycles. The molecule has 1 amide bonds. The predicted octanol–water partition coefficient (Wildman–Crippen LogP) is 2.33. The monoisotopic (exact) mass is 302 g/mol. The molecular formula is C12H19BrN2O2. The first-order chi connectivity index (χ1) is 8.00. The molecule has 0 fully saturated rings. The first kappa shape index (κ1) is 14.3. The van der Waals surface area contributed by atoms with E-state index in [1.807, 2.05) is 27.1 Å². The van der Waals surface area contributed by atoms with Gasteiger partial charge in [-0.1, -0.05) is 0 Å². The van der Waals surface area contributed by atoms with E-state index in [1.165, 1.54) is 0 Å². The van der Waals surface area contributed by atoms with E-state index in [0.29, 0.717) is 18.8 Å². The third kappa shape index (κ3) is 4.91. The number of nitrogens with zero attached hydrogens (tertiary/aromatic N) is 1. The normalized spacial score (nSPS) is 10.9. The second-order valence-corrected chi connectivity index (χ2v) is 5.10. The van der Waals surface area contributed by atoms with Gasteiger partial charge in [-0.2, -0.15) is 0 Å². The third-order valence-corrected chi connectivity index (χ3v) is 2.70. The van der Waals surface area contributed by atoms with E-state index in [1.54, 1.807) is 10.6 Å². The van der Waals surface area contributed by atoms with Crippen LogP contribution in [0.3, 0.4) is 0 Å². The van der Waals surface area contributed by atoms with Crippen LogP contribution in [0.4, 0.5) is 0 Å². The van der Waals surface area contributed by atoms with Gasteiger partial charge >= 0.3 is 0 Å². The zero-order valence-electron chi connectivity index (χ0n) is 10.5. The Morgan fingerprint density at radius 1 is 1.59 bits per heavy atom. The number of halogens is 1. The molecule has 0 saturated carbocycles. The van der Waals surface area contributed by atoms with Crippen molar-refractivity contribution in [1.29, 1.82) is 0 Å². The van der Waals surface area contributed by atoms with Crippen LogP contribution >= 0.6 is 15.9 Å². The van der Waals surface area contributed by atoms with Crippen molar-refractivity contribution in [3.63, 3.8) is 0 Å². The Bertz CT molecular complexity index is 375. The van der Waals surface area contributed by atoms with Crippen molar-refractivity contribution in [3.8, 4) is 0 Å². The van der Waals surface area contributed by atoms with Crippen molar-refractivity contribution in [2.45, 2.75) is 26.4 Å². The number of hydrogen-bond acceptors (Lipinski definition) is 2. The number of rotatable bonds is 6. The fourth-order valence-corrected chi connectivity index (χ4v) is 1.96. The van der Waals surface area contributed by atoms with Gasteiger partial charge in [0.1, 0.15) is 5.69 Å². The van der Waals surface area contributed by atoms with Gasteiger partial charge < -0.3 is 14.6 Å². The van der Waals surface area contributed by atoms with Gasteiger partial charge in [0.05, 0.1) is 6.10 Å². The van der Waals surface area contributed by atoms with Crippen LogP contribution < -0.4 is 5.32 Å². The van der Waals surface area contributed by atoms with Gasteiger partial charge in [-0.15, -0.1) is 0 Å². The minimum atomic E-state index is -0.0530. The number of amides is 1. The van der Waals surface area contributed by atoms with Crippen LogP contribution in [0.5, 0.6) is 0 Å². The average Bonchev–Trinajstić information content (AvgIpc) is 2.56. The van der Waals surface area contributed by atoms with Crippen molar-refractivity contribution in [2.24, 2.45) is 7.05 Å². The Balaban J connectivity index is 2.28. The van der Waals surface area contributed by atoms with E-state index in [4.69, 9.17) is 4.74 Å². The second-order valence-electron chi connectivity index (χ2n) is 4.18. The highest BCUT2D eigenvalue weighted by Gasteiger charge is 2.09. The van der Waals surface area contributed by atoms with E-state index in [0.717, 1.165) is 10.9 Å². The summed E-state index contributed by atoms with van der Waals surface area (Å²) in [7, 11) is 1.85. The van der Waals surface area contributed by atoms with Gasteiger partial charge in [0.2, 0.25) is 0 Å². The van der Waals surface area contributed by atoms with Crippen molar-refractivity contribution in [1.82, 2.24) is 9.88 Å². The lowest BCUT2D eigenvalue weighted by Crippen LogP contribution is -2.27. The summed E-state index contributed by atoms with van der Waals surface area (Å²) in [5, 5.41) is 2.87. The summed E-state index contributed by atoms with van der Waals surface area (Å²) < 4.78 is 8.10. The first-order valence-corrected chi connectivity index (χ1v) is 6.51. The van der Waals surface area contributed by atoms with E-state index < -0.39 is 0 Å². The lowest BCUT2D eigenvalue weighted by molar-refractivity contribution is 0.0756. The standard InChI is InChI=1S/C12H19BrN2O2/c1-9(2)17-6-4-5-14-12(16)11-7-10(13)8-15(11)3/h7-9H,4-6H2,1-3H3,(H,14,16). The SMILES string of the molecule is CC(C)OCCCNC(=O)c1cc(Br)cn1C. The minimum Gasteiger partial charge on any atom is -0.379 e. The molecule has 0 aromatic carbocycles. The molecule has 1 heterocycles. The first-order valence-electron chi connectivity index (χ1n) is 5.72. The zero-order valence-corrected chi connectivity index (χ0v) is 12.1. The average molecular weight is 303 g/mol. The zero-order chi connectivity index (χ0) is 12.8. The fourth-order valence-electron chi connectivity index (χ4n) is 1.43. The fraction of sp³-hybridized carbons (Fsp3) is 0.583. The van der Waals surface area contributed by atoms with Gasteiger partial charge in [-0.3, -0.25) is 4.79 Å². The van der Waals surface area contributed by atoms with Crippen LogP contribution in [-0.4, -0.2) is 29.7 Å². The number of hydrogen-bond donors (Lipinski definition) is 1. The van der Waals surface area contributed by atoms with Crippen molar-refractivity contribution >= 4 is 21.8 Å². The molecule has 0 unspecified atom stereocenters. The number of aromatic nitrogens is 1. The molecule has 96 valence electrons. The highest BCUT2D eigenvalue weighted by Crippen LogP contribution is 2.13. The van der Waals surface area contributed by atoms with Crippen LogP contribution in [0.15, 0.2) is 16.7 Å². The Labute approximate surface area is 110 Å². The molecule has 0 spiro atoms. The topological polar surface area (TPSA) is 43.3 Å². The molecule has 0 saturated heterocycles. The largest absolute Gasteiger partial charge is 0.379 e. The van der Waals surface area contributed by atoms with Crippen LogP contribution in [0.25, 0.3) is 0 Å². The number of nitrogens with one attached hydrogen (secondary N) is 1. The molecule has 4 nitrogen and oxygen atoms in total. The molecule has 1 aromatic rings. The highest BCUT2D eigenvalue weighted by atomic mass is 79.9. The predicted molar refractivity (Wildman–Crippen MR) is 71.2 cm³/mol. The summed E-state index contributed by atoms with van der Waals surface area (Å²) in [6, 6.07) is 1.81. The maximum absolute atomic E-state index is 11.8. The van der Waals surface area contributed by atoms with E-state index in [9.17, 15) is 4.79 Å². The van der Waals surface area contributed by atoms with Crippen molar-refractivity contribution in [2.75, 3.05) is 13.2 Å². The van der Waals surface area contributed by atoms with Crippen LogP contribution in [0, 0.1) is 0 Å². The lowest BCUT2D eigenvalue weighted by Gasteiger charge is -2.08. The molecule has 1 N–H and O–H groups in total. The summed E-state index contributed by atoms with van der Waals surface area (Å²) in [6.07, 6.45) is 2.93. The summed E-state index contributed by atoms with van der Waals surface area (Å²) >= 11 is 3.34. The lowest BCUT2D eigenvalue weighted by atomic mass is 10.3. The van der Waals surface area contributed by atoms with Gasteiger partial charge in [0, 0.05) is 30.9 Å². The Kier molecular flexibility index (Phi) is 5.71. The molecule has 0 bridgehead atoms. The third-order valence-electron chi connectivity index (χ3n) is 2.26. The summed E-state index contributed by atoms with van der Waals surface area (Å²) in [5.74, 6) is -0.0530. The van der Waals surface area contributed by atoms with Gasteiger partial charge in [-0.05, 0) is 42.3 Å². The molecule has 17 heavy (non-hydrogen) atoms. The second kappa shape index (κ2) is 6.81. The number of carbonyl (C=O) groups excluding carboxylic acids is 1. The molecule has 1 aromatic heterocycles. The molecular weight excluding hydrogens is 284 g/mol. The number of carbonyl (C=O) groups is 1. The van der Waals surface area contributed by atoms with Crippen LogP contribution in [0.2, 0.25) is 0 Å². The number of ether oxygens (including phenoxy) is 1. The maximum atomic E-state index is 11.8. The van der Waals surface area contributed by atoms with Crippen LogP contribution in [-0.2, 0) is 11.8 Å².